The summed E-state index contributed by atoms with van der Waals surface area (Å²) in [5.74, 6) is 0.0149. The minimum absolute atomic E-state index is 0.0149. The molecule has 0 saturated carbocycles. The van der Waals surface area contributed by atoms with Gasteiger partial charge in [0, 0.05) is 18.7 Å². The van der Waals surface area contributed by atoms with E-state index in [4.69, 9.17) is 11.6 Å². The van der Waals surface area contributed by atoms with Crippen molar-refractivity contribution in [1.82, 2.24) is 4.98 Å². The lowest BCUT2D eigenvalue weighted by Crippen LogP contribution is -2.06. The zero-order chi connectivity index (χ0) is 9.42. The highest BCUT2D eigenvalue weighted by molar-refractivity contribution is 9.10. The average molecular weight is 259 g/mol. The van der Waals surface area contributed by atoms with E-state index in [0.717, 1.165) is 0 Å². The van der Waals surface area contributed by atoms with E-state index in [1.54, 1.807) is 12.3 Å². The number of hydrogen-bond acceptors (Lipinski definition) is 3. The van der Waals surface area contributed by atoms with E-state index in [-0.39, 0.29) is 5.78 Å². The van der Waals surface area contributed by atoms with Crippen LogP contribution in [0.25, 0.3) is 0 Å². The van der Waals surface area contributed by atoms with E-state index in [9.17, 15) is 4.79 Å². The number of pyridine rings is 1. The van der Waals surface area contributed by atoms with Crippen LogP contribution >= 0.6 is 27.5 Å². The van der Waals surface area contributed by atoms with E-state index in [2.05, 4.69) is 25.9 Å². The molecule has 1 aromatic rings. The molecule has 1 aliphatic heterocycles. The van der Waals surface area contributed by atoms with Crippen LogP contribution in [0.4, 0.5) is 5.69 Å². The standard InChI is InChI=1S/C8H4BrClN2O/c9-8-7-4(3-6(10)12-8)11-2-1-5(7)13/h2-3H,1H2. The van der Waals surface area contributed by atoms with Crippen LogP contribution in [0.1, 0.15) is 16.8 Å². The molecule has 0 aromatic carbocycles. The van der Waals surface area contributed by atoms with Gasteiger partial charge in [-0.2, -0.15) is 0 Å². The van der Waals surface area contributed by atoms with Crippen LogP contribution in [0.2, 0.25) is 5.15 Å². The number of rotatable bonds is 0. The van der Waals surface area contributed by atoms with Crippen molar-refractivity contribution in [3.8, 4) is 0 Å². The Morgan fingerprint density at radius 1 is 1.54 bits per heavy atom. The van der Waals surface area contributed by atoms with Crippen molar-refractivity contribution in [2.24, 2.45) is 4.99 Å². The Morgan fingerprint density at radius 3 is 3.08 bits per heavy atom. The Bertz CT molecular complexity index is 417. The third-order valence-electron chi connectivity index (χ3n) is 1.71. The number of carbonyl (C=O) groups is 1. The van der Waals surface area contributed by atoms with Crippen LogP contribution in [0.15, 0.2) is 15.7 Å². The molecule has 3 nitrogen and oxygen atoms in total. The first-order chi connectivity index (χ1) is 6.18. The summed E-state index contributed by atoms with van der Waals surface area (Å²) in [4.78, 5) is 19.4. The first-order valence-corrected chi connectivity index (χ1v) is 4.77. The summed E-state index contributed by atoms with van der Waals surface area (Å²) in [7, 11) is 0. The Morgan fingerprint density at radius 2 is 2.31 bits per heavy atom. The summed E-state index contributed by atoms with van der Waals surface area (Å²) in [6.07, 6.45) is 1.91. The van der Waals surface area contributed by atoms with Crippen molar-refractivity contribution in [3.05, 3.63) is 21.4 Å². The van der Waals surface area contributed by atoms with E-state index < -0.39 is 0 Å². The molecule has 1 aromatic heterocycles. The number of ketones is 1. The summed E-state index contributed by atoms with van der Waals surface area (Å²) in [6.45, 7) is 0. The largest absolute Gasteiger partial charge is 0.294 e. The Hall–Kier alpha value is -0.740. The van der Waals surface area contributed by atoms with Crippen LogP contribution < -0.4 is 0 Å². The molecule has 1 aliphatic rings. The van der Waals surface area contributed by atoms with Gasteiger partial charge in [-0.15, -0.1) is 0 Å². The van der Waals surface area contributed by atoms with Gasteiger partial charge < -0.3 is 0 Å². The maximum absolute atomic E-state index is 11.4. The fourth-order valence-corrected chi connectivity index (χ4v) is 2.07. The second kappa shape index (κ2) is 3.20. The Kier molecular flexibility index (Phi) is 2.17. The van der Waals surface area contributed by atoms with Crippen LogP contribution in [-0.4, -0.2) is 17.0 Å². The number of aliphatic imine (C=N–C) groups is 1. The molecule has 0 fully saturated rings. The van der Waals surface area contributed by atoms with Crippen molar-refractivity contribution in [2.45, 2.75) is 6.42 Å². The van der Waals surface area contributed by atoms with Crippen molar-refractivity contribution >= 4 is 45.2 Å². The Labute approximate surface area is 88.0 Å². The van der Waals surface area contributed by atoms with Crippen molar-refractivity contribution in [3.63, 3.8) is 0 Å². The highest BCUT2D eigenvalue weighted by Gasteiger charge is 2.19. The van der Waals surface area contributed by atoms with Crippen molar-refractivity contribution in [2.75, 3.05) is 0 Å². The van der Waals surface area contributed by atoms with Gasteiger partial charge in [0.05, 0.1) is 11.3 Å². The molecular formula is C8H4BrClN2O. The summed E-state index contributed by atoms with van der Waals surface area (Å²) < 4.78 is 0.469. The molecule has 2 rings (SSSR count). The summed E-state index contributed by atoms with van der Waals surface area (Å²) in [5.41, 5.74) is 1.11. The zero-order valence-electron chi connectivity index (χ0n) is 6.42. The SMILES string of the molecule is O=C1CC=Nc2cc(Cl)nc(Br)c21. The fraction of sp³-hybridized carbons (Fsp3) is 0.125. The molecule has 5 heteroatoms. The predicted molar refractivity (Wildman–Crippen MR) is 54.0 cm³/mol. The molecule has 0 aliphatic carbocycles. The molecule has 0 atom stereocenters. The van der Waals surface area contributed by atoms with Gasteiger partial charge in [0.1, 0.15) is 9.76 Å². The van der Waals surface area contributed by atoms with E-state index in [1.165, 1.54) is 0 Å². The lowest BCUT2D eigenvalue weighted by Gasteiger charge is -2.09. The second-order valence-electron chi connectivity index (χ2n) is 2.57. The molecule has 66 valence electrons. The van der Waals surface area contributed by atoms with Gasteiger partial charge in [0.2, 0.25) is 0 Å². The van der Waals surface area contributed by atoms with Gasteiger partial charge in [-0.25, -0.2) is 4.98 Å². The van der Waals surface area contributed by atoms with E-state index >= 15 is 0 Å². The number of aromatic nitrogens is 1. The molecule has 0 amide bonds. The molecule has 0 spiro atoms. The molecule has 13 heavy (non-hydrogen) atoms. The number of nitrogens with zero attached hydrogens (tertiary/aromatic N) is 2. The van der Waals surface area contributed by atoms with E-state index in [0.29, 0.717) is 27.4 Å². The number of fused-ring (bicyclic) bond motifs is 1. The molecule has 0 saturated heterocycles. The minimum atomic E-state index is 0.0149. The summed E-state index contributed by atoms with van der Waals surface area (Å²) >= 11 is 8.89. The summed E-state index contributed by atoms with van der Waals surface area (Å²) in [5, 5.41) is 0.331. The zero-order valence-corrected chi connectivity index (χ0v) is 8.76. The smallest absolute Gasteiger partial charge is 0.173 e. The second-order valence-corrected chi connectivity index (χ2v) is 3.71. The molecule has 0 unspecified atom stereocenters. The first kappa shape index (κ1) is 8.84. The monoisotopic (exact) mass is 258 g/mol. The molecule has 0 N–H and O–H groups in total. The number of hydrogen-bond donors (Lipinski definition) is 0. The van der Waals surface area contributed by atoms with Gasteiger partial charge in [0.25, 0.3) is 0 Å². The van der Waals surface area contributed by atoms with Crippen LogP contribution in [0.3, 0.4) is 0 Å². The normalized spacial score (nSPS) is 14.5. The quantitative estimate of drug-likeness (QED) is 0.672. The topological polar surface area (TPSA) is 42.3 Å². The Balaban J connectivity index is 2.71. The predicted octanol–water partition coefficient (Wildman–Crippen LogP) is 2.79. The molecule has 2 heterocycles. The molecule has 0 bridgehead atoms. The number of halogens is 2. The highest BCUT2D eigenvalue weighted by atomic mass is 79.9. The van der Waals surface area contributed by atoms with Gasteiger partial charge in [-0.05, 0) is 15.9 Å². The number of carbonyl (C=O) groups excluding carboxylic acids is 1. The molecule has 0 radical (unpaired) electrons. The maximum Gasteiger partial charge on any atom is 0.173 e. The van der Waals surface area contributed by atoms with Crippen molar-refractivity contribution in [1.29, 1.82) is 0 Å². The lowest BCUT2D eigenvalue weighted by atomic mass is 10.1. The fourth-order valence-electron chi connectivity index (χ4n) is 1.16. The molecular weight excluding hydrogens is 255 g/mol. The van der Waals surface area contributed by atoms with Gasteiger partial charge >= 0.3 is 0 Å². The van der Waals surface area contributed by atoms with E-state index in [1.807, 2.05) is 0 Å². The minimum Gasteiger partial charge on any atom is -0.294 e. The first-order valence-electron chi connectivity index (χ1n) is 3.60. The number of Topliss-reactive ketones (excluding diaryl/α,β-unsaturated/α-hetero) is 1. The van der Waals surface area contributed by atoms with Crippen LogP contribution in [0.5, 0.6) is 0 Å². The van der Waals surface area contributed by atoms with Gasteiger partial charge in [-0.1, -0.05) is 11.6 Å². The van der Waals surface area contributed by atoms with Crippen LogP contribution in [-0.2, 0) is 0 Å². The van der Waals surface area contributed by atoms with Crippen LogP contribution in [0, 0.1) is 0 Å². The average Bonchev–Trinajstić information content (AvgIpc) is 2.02. The third kappa shape index (κ3) is 1.51. The summed E-state index contributed by atoms with van der Waals surface area (Å²) in [6, 6.07) is 1.58. The maximum atomic E-state index is 11.4. The highest BCUT2D eigenvalue weighted by Crippen LogP contribution is 2.31. The van der Waals surface area contributed by atoms with Gasteiger partial charge in [-0.3, -0.25) is 9.79 Å². The van der Waals surface area contributed by atoms with Gasteiger partial charge in [0.15, 0.2) is 5.78 Å². The third-order valence-corrected chi connectivity index (χ3v) is 2.48. The lowest BCUT2D eigenvalue weighted by molar-refractivity contribution is 0.1000. The van der Waals surface area contributed by atoms with Crippen molar-refractivity contribution < 1.29 is 4.79 Å².